The summed E-state index contributed by atoms with van der Waals surface area (Å²) >= 11 is 0. The Morgan fingerprint density at radius 2 is 1.03 bits per heavy atom. The lowest BCUT2D eigenvalue weighted by atomic mass is 9.90. The summed E-state index contributed by atoms with van der Waals surface area (Å²) in [6.45, 7) is 25.1. The Hall–Kier alpha value is -2.09. The first kappa shape index (κ1) is 23.6. The predicted molar refractivity (Wildman–Crippen MR) is 137 cm³/mol. The van der Waals surface area contributed by atoms with E-state index in [1.807, 2.05) is 0 Å². The van der Waals surface area contributed by atoms with Gasteiger partial charge in [-0.2, -0.15) is 0 Å². The molecule has 1 aliphatic rings. The van der Waals surface area contributed by atoms with Crippen LogP contribution in [0.5, 0.6) is 0 Å². The van der Waals surface area contributed by atoms with E-state index in [-0.39, 0.29) is 0 Å². The Balaban J connectivity index is 2.20. The van der Waals surface area contributed by atoms with Crippen molar-refractivity contribution in [3.05, 3.63) is 57.6 Å². The maximum atomic E-state index is 2.53. The molecule has 3 rings (SSSR count). The van der Waals surface area contributed by atoms with E-state index in [1.54, 1.807) is 0 Å². The van der Waals surface area contributed by atoms with Gasteiger partial charge in [0.25, 0.3) is 0 Å². The van der Waals surface area contributed by atoms with Crippen molar-refractivity contribution < 1.29 is 4.58 Å². The number of rotatable bonds is 6. The molecule has 1 heterocycles. The van der Waals surface area contributed by atoms with Crippen molar-refractivity contribution in [2.75, 3.05) is 18.0 Å². The van der Waals surface area contributed by atoms with Gasteiger partial charge in [0, 0.05) is 22.3 Å². The molecule has 168 valence electrons. The molecule has 0 N–H and O–H groups in total. The molecule has 0 saturated heterocycles. The molecule has 0 spiro atoms. The van der Waals surface area contributed by atoms with Crippen molar-refractivity contribution in [3.8, 4) is 0 Å². The van der Waals surface area contributed by atoms with E-state index in [2.05, 4.69) is 109 Å². The van der Waals surface area contributed by atoms with Crippen molar-refractivity contribution in [2.24, 2.45) is 0 Å². The SMILES string of the molecule is Cc1cc(C(C)C)c(N2C=[N+](c3c(C(C)C)cc(C)cc3C(C)C)CC2)c(C(C)C)c1. The minimum Gasteiger partial charge on any atom is -0.229 e. The third-order valence-electron chi connectivity index (χ3n) is 6.55. The van der Waals surface area contributed by atoms with Crippen LogP contribution in [-0.4, -0.2) is 24.0 Å². The monoisotopic (exact) mass is 419 g/mol. The molecule has 31 heavy (non-hydrogen) atoms. The quantitative estimate of drug-likeness (QED) is 0.430. The van der Waals surface area contributed by atoms with E-state index in [9.17, 15) is 0 Å². The lowest BCUT2D eigenvalue weighted by Gasteiger charge is -2.22. The van der Waals surface area contributed by atoms with Gasteiger partial charge in [-0.25, -0.2) is 9.48 Å². The first-order valence-electron chi connectivity index (χ1n) is 12.2. The average Bonchev–Trinajstić information content (AvgIpc) is 3.15. The van der Waals surface area contributed by atoms with Crippen LogP contribution >= 0.6 is 0 Å². The van der Waals surface area contributed by atoms with E-state index in [1.165, 1.54) is 44.8 Å². The number of anilines is 1. The highest BCUT2D eigenvalue weighted by atomic mass is 15.3. The maximum Gasteiger partial charge on any atom is 0.244 e. The van der Waals surface area contributed by atoms with Crippen molar-refractivity contribution in [3.63, 3.8) is 0 Å². The molecule has 2 nitrogen and oxygen atoms in total. The molecule has 0 radical (unpaired) electrons. The molecular formula is C29H43N2+. The van der Waals surface area contributed by atoms with Crippen molar-refractivity contribution in [2.45, 2.75) is 92.9 Å². The summed E-state index contributed by atoms with van der Waals surface area (Å²) in [6.07, 6.45) is 2.39. The lowest BCUT2D eigenvalue weighted by Crippen LogP contribution is -2.22. The first-order chi connectivity index (χ1) is 14.5. The summed E-state index contributed by atoms with van der Waals surface area (Å²) in [4.78, 5) is 2.53. The van der Waals surface area contributed by atoms with Crippen LogP contribution < -0.4 is 4.90 Å². The van der Waals surface area contributed by atoms with E-state index >= 15 is 0 Å². The summed E-state index contributed by atoms with van der Waals surface area (Å²) < 4.78 is 2.53. The predicted octanol–water partition coefficient (Wildman–Crippen LogP) is 7.99. The van der Waals surface area contributed by atoms with Gasteiger partial charge in [0.1, 0.15) is 24.5 Å². The van der Waals surface area contributed by atoms with Gasteiger partial charge in [0.05, 0.1) is 0 Å². The lowest BCUT2D eigenvalue weighted by molar-refractivity contribution is -0.425. The van der Waals surface area contributed by atoms with Crippen LogP contribution in [0.15, 0.2) is 24.3 Å². The van der Waals surface area contributed by atoms with Gasteiger partial charge < -0.3 is 0 Å². The van der Waals surface area contributed by atoms with Gasteiger partial charge in [-0.3, -0.25) is 0 Å². The van der Waals surface area contributed by atoms with Crippen LogP contribution in [0, 0.1) is 13.8 Å². The van der Waals surface area contributed by atoms with Gasteiger partial charge in [0.2, 0.25) is 6.34 Å². The molecule has 0 aromatic heterocycles. The Morgan fingerprint density at radius 3 is 1.42 bits per heavy atom. The zero-order valence-electron chi connectivity index (χ0n) is 21.5. The van der Waals surface area contributed by atoms with Gasteiger partial charge >= 0.3 is 0 Å². The standard InChI is InChI=1S/C29H43N2/c1-18(2)24-13-22(9)14-25(19(3)4)28(24)30-11-12-31(17-30)29-26(20(5)6)15-23(10)16-27(29)21(7)8/h13-21H,11-12H2,1-10H3/q+1. The maximum absolute atomic E-state index is 2.53. The average molecular weight is 420 g/mol. The van der Waals surface area contributed by atoms with Crippen molar-refractivity contribution in [1.82, 2.24) is 0 Å². The van der Waals surface area contributed by atoms with Crippen LogP contribution in [0.2, 0.25) is 0 Å². The summed E-state index contributed by atoms with van der Waals surface area (Å²) in [6, 6.07) is 9.58. The smallest absolute Gasteiger partial charge is 0.229 e. The molecule has 2 aromatic rings. The normalized spacial score (nSPS) is 14.5. The molecule has 0 unspecified atom stereocenters. The fourth-order valence-electron chi connectivity index (χ4n) is 4.93. The molecular weight excluding hydrogens is 376 g/mol. The second kappa shape index (κ2) is 9.18. The van der Waals surface area contributed by atoms with Crippen molar-refractivity contribution in [1.29, 1.82) is 0 Å². The van der Waals surface area contributed by atoms with Crippen LogP contribution in [-0.2, 0) is 0 Å². The number of hydrogen-bond acceptors (Lipinski definition) is 1. The third-order valence-corrected chi connectivity index (χ3v) is 6.55. The minimum absolute atomic E-state index is 0.506. The van der Waals surface area contributed by atoms with Gasteiger partial charge in [-0.05, 0) is 37.5 Å². The second-order valence-electron chi connectivity index (χ2n) is 10.7. The van der Waals surface area contributed by atoms with Crippen LogP contribution in [0.1, 0.15) is 112 Å². The molecule has 2 heteroatoms. The Labute approximate surface area is 191 Å². The first-order valence-corrected chi connectivity index (χ1v) is 12.2. The molecule has 0 aliphatic carbocycles. The van der Waals surface area contributed by atoms with Gasteiger partial charge in [0.15, 0.2) is 0 Å². The highest BCUT2D eigenvalue weighted by Crippen LogP contribution is 2.39. The van der Waals surface area contributed by atoms with Gasteiger partial charge in [-0.15, -0.1) is 0 Å². The van der Waals surface area contributed by atoms with Crippen LogP contribution in [0.25, 0.3) is 0 Å². The molecule has 0 bridgehead atoms. The zero-order valence-corrected chi connectivity index (χ0v) is 21.5. The molecule has 0 saturated carbocycles. The number of aryl methyl sites for hydroxylation is 2. The summed E-state index contributed by atoms with van der Waals surface area (Å²) in [7, 11) is 0. The van der Waals surface area contributed by atoms with E-state index in [0.29, 0.717) is 23.7 Å². The zero-order chi connectivity index (χ0) is 23.0. The van der Waals surface area contributed by atoms with Crippen LogP contribution in [0.3, 0.4) is 0 Å². The topological polar surface area (TPSA) is 6.25 Å². The second-order valence-corrected chi connectivity index (χ2v) is 10.7. The summed E-state index contributed by atoms with van der Waals surface area (Å²) in [5.41, 5.74) is 11.5. The highest BCUT2D eigenvalue weighted by molar-refractivity contribution is 5.83. The van der Waals surface area contributed by atoms with E-state index in [0.717, 1.165) is 13.1 Å². The molecule has 2 aromatic carbocycles. The van der Waals surface area contributed by atoms with Crippen molar-refractivity contribution >= 4 is 17.7 Å². The minimum atomic E-state index is 0.506. The highest BCUT2D eigenvalue weighted by Gasteiger charge is 2.31. The number of benzene rings is 2. The largest absolute Gasteiger partial charge is 0.244 e. The summed E-state index contributed by atoms with van der Waals surface area (Å²) in [5.74, 6) is 2.02. The summed E-state index contributed by atoms with van der Waals surface area (Å²) in [5, 5.41) is 0. The fraction of sp³-hybridized carbons (Fsp3) is 0.552. The Bertz CT molecular complexity index is 918. The molecule has 0 atom stereocenters. The van der Waals surface area contributed by atoms with Gasteiger partial charge in [-0.1, -0.05) is 90.8 Å². The molecule has 0 amide bonds. The third kappa shape index (κ3) is 4.73. The fourth-order valence-corrected chi connectivity index (χ4v) is 4.93. The van der Waals surface area contributed by atoms with Crippen LogP contribution in [0.4, 0.5) is 11.4 Å². The van der Waals surface area contributed by atoms with E-state index in [4.69, 9.17) is 0 Å². The Morgan fingerprint density at radius 1 is 0.645 bits per heavy atom. The number of nitrogens with zero attached hydrogens (tertiary/aromatic N) is 2. The Kier molecular flexibility index (Phi) is 6.98. The number of hydrogen-bond donors (Lipinski definition) is 0. The molecule has 1 aliphatic heterocycles. The molecule has 0 fully saturated rings. The van der Waals surface area contributed by atoms with E-state index < -0.39 is 0 Å².